The van der Waals surface area contributed by atoms with Crippen LogP contribution in [0.25, 0.3) is 0 Å². The Labute approximate surface area is 150 Å². The fourth-order valence-corrected chi connectivity index (χ4v) is 3.07. The van der Waals surface area contributed by atoms with Crippen molar-refractivity contribution < 1.29 is 19.1 Å². The number of nitrogens with one attached hydrogen (secondary N) is 1. The molecular weight excluding hydrogens is 338 g/mol. The molecule has 0 saturated heterocycles. The number of rotatable bonds is 8. The van der Waals surface area contributed by atoms with Crippen molar-refractivity contribution in [1.29, 1.82) is 0 Å². The van der Waals surface area contributed by atoms with Crippen LogP contribution in [0.15, 0.2) is 47.8 Å². The van der Waals surface area contributed by atoms with Crippen molar-refractivity contribution in [2.24, 2.45) is 0 Å². The van der Waals surface area contributed by atoms with E-state index in [1.807, 2.05) is 11.4 Å². The third kappa shape index (κ3) is 5.00. The van der Waals surface area contributed by atoms with Crippen LogP contribution in [0.5, 0.6) is 0 Å². The molecule has 0 radical (unpaired) electrons. The number of esters is 1. The summed E-state index contributed by atoms with van der Waals surface area (Å²) < 4.78 is 5.39. The van der Waals surface area contributed by atoms with Crippen LogP contribution in [0, 0.1) is 0 Å². The summed E-state index contributed by atoms with van der Waals surface area (Å²) in [5.74, 6) is -0.956. The van der Waals surface area contributed by atoms with E-state index in [1.165, 1.54) is 11.3 Å². The van der Waals surface area contributed by atoms with Gasteiger partial charge in [-0.3, -0.25) is 14.4 Å². The van der Waals surface area contributed by atoms with E-state index in [0.717, 1.165) is 12.8 Å². The predicted octanol–water partition coefficient (Wildman–Crippen LogP) is 3.27. The third-order valence-electron chi connectivity index (χ3n) is 3.87. The van der Waals surface area contributed by atoms with E-state index in [2.05, 4.69) is 5.32 Å². The molecule has 0 aliphatic heterocycles. The lowest BCUT2D eigenvalue weighted by atomic mass is 10.1. The third-order valence-corrected chi connectivity index (χ3v) is 4.78. The van der Waals surface area contributed by atoms with Gasteiger partial charge in [0.1, 0.15) is 0 Å². The van der Waals surface area contributed by atoms with Gasteiger partial charge in [-0.15, -0.1) is 11.3 Å². The second-order valence-electron chi connectivity index (χ2n) is 5.96. The molecule has 1 aliphatic carbocycles. The Bertz CT molecular complexity index is 738. The zero-order valence-electron chi connectivity index (χ0n) is 13.6. The molecule has 1 aromatic heterocycles. The van der Waals surface area contributed by atoms with Crippen molar-refractivity contribution in [2.75, 3.05) is 0 Å². The Morgan fingerprint density at radius 1 is 1.08 bits per heavy atom. The number of thiophene rings is 1. The predicted molar refractivity (Wildman–Crippen MR) is 94.3 cm³/mol. The summed E-state index contributed by atoms with van der Waals surface area (Å²) in [6, 6.07) is 12.6. The summed E-state index contributed by atoms with van der Waals surface area (Å²) in [6.07, 6.45) is 0.959. The minimum Gasteiger partial charge on any atom is -0.447 e. The average Bonchev–Trinajstić information content (AvgIpc) is 3.26. The van der Waals surface area contributed by atoms with E-state index in [-0.39, 0.29) is 30.6 Å². The average molecular weight is 357 g/mol. The molecule has 6 heteroatoms. The number of Topliss-reactive ketones (excluding diaryl/α,β-unsaturated/α-hetero) is 1. The van der Waals surface area contributed by atoms with Crippen LogP contribution in [-0.2, 0) is 14.3 Å². The first-order chi connectivity index (χ1) is 12.1. The number of carbonyl (C=O) groups is 3. The van der Waals surface area contributed by atoms with Gasteiger partial charge in [0.15, 0.2) is 5.78 Å². The number of ketones is 1. The van der Waals surface area contributed by atoms with Gasteiger partial charge in [-0.25, -0.2) is 0 Å². The molecule has 1 unspecified atom stereocenters. The summed E-state index contributed by atoms with van der Waals surface area (Å²) in [5, 5.41) is 4.68. The molecule has 2 aromatic rings. The Morgan fingerprint density at radius 3 is 2.48 bits per heavy atom. The Balaban J connectivity index is 1.59. The van der Waals surface area contributed by atoms with Crippen LogP contribution in [0.2, 0.25) is 0 Å². The monoisotopic (exact) mass is 357 g/mol. The highest BCUT2D eigenvalue weighted by atomic mass is 32.1. The fourth-order valence-electron chi connectivity index (χ4n) is 2.37. The highest BCUT2D eigenvalue weighted by Crippen LogP contribution is 2.24. The van der Waals surface area contributed by atoms with Gasteiger partial charge in [-0.05, 0) is 24.3 Å². The SMILES string of the molecule is O=C(CCC(=O)c1cccs1)OC(C(=O)NC1CC1)c1ccccc1. The fraction of sp³-hybridized carbons (Fsp3) is 0.316. The quantitative estimate of drug-likeness (QED) is 0.581. The van der Waals surface area contributed by atoms with E-state index in [9.17, 15) is 14.4 Å². The molecule has 5 nitrogen and oxygen atoms in total. The maximum Gasteiger partial charge on any atom is 0.307 e. The molecule has 1 atom stereocenters. The van der Waals surface area contributed by atoms with Crippen LogP contribution in [0.4, 0.5) is 0 Å². The molecule has 130 valence electrons. The van der Waals surface area contributed by atoms with Crippen molar-refractivity contribution in [3.05, 3.63) is 58.3 Å². The number of amides is 1. The van der Waals surface area contributed by atoms with E-state index < -0.39 is 12.1 Å². The molecule has 0 spiro atoms. The summed E-state index contributed by atoms with van der Waals surface area (Å²) >= 11 is 1.35. The van der Waals surface area contributed by atoms with Crippen LogP contribution >= 0.6 is 11.3 Å². The molecule has 1 amide bonds. The van der Waals surface area contributed by atoms with Gasteiger partial charge >= 0.3 is 5.97 Å². The molecule has 25 heavy (non-hydrogen) atoms. The molecular formula is C19H19NO4S. The summed E-state index contributed by atoms with van der Waals surface area (Å²) in [7, 11) is 0. The Hall–Kier alpha value is -2.47. The van der Waals surface area contributed by atoms with Gasteiger partial charge in [0.2, 0.25) is 6.10 Å². The summed E-state index contributed by atoms with van der Waals surface area (Å²) in [5.41, 5.74) is 0.624. The lowest BCUT2D eigenvalue weighted by molar-refractivity contribution is -0.156. The zero-order valence-corrected chi connectivity index (χ0v) is 14.5. The van der Waals surface area contributed by atoms with Crippen LogP contribution in [0.1, 0.15) is 47.0 Å². The van der Waals surface area contributed by atoms with Crippen LogP contribution in [-0.4, -0.2) is 23.7 Å². The number of carbonyl (C=O) groups excluding carboxylic acids is 3. The topological polar surface area (TPSA) is 72.5 Å². The molecule has 3 rings (SSSR count). The van der Waals surface area contributed by atoms with Crippen molar-refractivity contribution in [1.82, 2.24) is 5.32 Å². The molecule has 1 heterocycles. The highest BCUT2D eigenvalue weighted by Gasteiger charge is 2.30. The maximum atomic E-state index is 12.4. The Morgan fingerprint density at radius 2 is 1.84 bits per heavy atom. The normalized spacial score (nSPS) is 14.6. The molecule has 1 aliphatic rings. The zero-order chi connectivity index (χ0) is 17.6. The van der Waals surface area contributed by atoms with Gasteiger partial charge in [0, 0.05) is 18.0 Å². The first-order valence-electron chi connectivity index (χ1n) is 8.25. The number of ether oxygens (including phenoxy) is 1. The molecule has 1 fully saturated rings. The van der Waals surface area contributed by atoms with Crippen molar-refractivity contribution in [3.63, 3.8) is 0 Å². The van der Waals surface area contributed by atoms with Gasteiger partial charge in [-0.2, -0.15) is 0 Å². The second kappa shape index (κ2) is 8.07. The lowest BCUT2D eigenvalue weighted by Crippen LogP contribution is -2.33. The summed E-state index contributed by atoms with van der Waals surface area (Å²) in [6.45, 7) is 0. The van der Waals surface area contributed by atoms with Crippen LogP contribution < -0.4 is 5.32 Å². The largest absolute Gasteiger partial charge is 0.447 e. The maximum absolute atomic E-state index is 12.4. The van der Waals surface area contributed by atoms with Gasteiger partial charge in [-0.1, -0.05) is 36.4 Å². The van der Waals surface area contributed by atoms with Crippen molar-refractivity contribution in [2.45, 2.75) is 37.8 Å². The first kappa shape index (κ1) is 17.4. The van der Waals surface area contributed by atoms with Crippen molar-refractivity contribution in [3.8, 4) is 0 Å². The van der Waals surface area contributed by atoms with E-state index in [1.54, 1.807) is 36.4 Å². The van der Waals surface area contributed by atoms with E-state index >= 15 is 0 Å². The number of benzene rings is 1. The molecule has 1 saturated carbocycles. The standard InChI is InChI=1S/C19H19NO4S/c21-15(16-7-4-12-25-16)10-11-17(22)24-18(13-5-2-1-3-6-13)19(23)20-14-8-9-14/h1-7,12,14,18H,8-11H2,(H,20,23). The van der Waals surface area contributed by atoms with Gasteiger partial charge < -0.3 is 10.1 Å². The highest BCUT2D eigenvalue weighted by molar-refractivity contribution is 7.12. The van der Waals surface area contributed by atoms with Gasteiger partial charge in [0.25, 0.3) is 5.91 Å². The smallest absolute Gasteiger partial charge is 0.307 e. The van der Waals surface area contributed by atoms with Crippen molar-refractivity contribution >= 4 is 29.0 Å². The minimum atomic E-state index is -0.980. The molecule has 1 N–H and O–H groups in total. The van der Waals surface area contributed by atoms with Gasteiger partial charge in [0.05, 0.1) is 11.3 Å². The molecule has 0 bridgehead atoms. The van der Waals surface area contributed by atoms with E-state index in [4.69, 9.17) is 4.74 Å². The van der Waals surface area contributed by atoms with E-state index in [0.29, 0.717) is 10.4 Å². The first-order valence-corrected chi connectivity index (χ1v) is 9.13. The molecule has 1 aromatic carbocycles. The minimum absolute atomic E-state index is 0.0449. The van der Waals surface area contributed by atoms with Crippen LogP contribution in [0.3, 0.4) is 0 Å². The number of hydrogen-bond donors (Lipinski definition) is 1. The number of hydrogen-bond acceptors (Lipinski definition) is 5. The lowest BCUT2D eigenvalue weighted by Gasteiger charge is -2.18. The Kier molecular flexibility index (Phi) is 5.60. The summed E-state index contributed by atoms with van der Waals surface area (Å²) in [4.78, 5) is 37.2. The second-order valence-corrected chi connectivity index (χ2v) is 6.91.